The molecule has 1 heterocycles. The first-order valence-electron chi connectivity index (χ1n) is 4.32. The van der Waals surface area contributed by atoms with Gasteiger partial charge in [0.25, 0.3) is 0 Å². The van der Waals surface area contributed by atoms with Crippen LogP contribution in [0.3, 0.4) is 0 Å². The van der Waals surface area contributed by atoms with Crippen LogP contribution in [0.15, 0.2) is 0 Å². The van der Waals surface area contributed by atoms with Gasteiger partial charge < -0.3 is 5.11 Å². The van der Waals surface area contributed by atoms with E-state index < -0.39 is 0 Å². The van der Waals surface area contributed by atoms with Crippen LogP contribution in [0.2, 0.25) is 0 Å². The Bertz CT molecular complexity index is 110. The van der Waals surface area contributed by atoms with E-state index in [1.165, 1.54) is 12.8 Å². The quantitative estimate of drug-likeness (QED) is 0.660. The van der Waals surface area contributed by atoms with Gasteiger partial charge in [0.05, 0.1) is 0 Å². The Balaban J connectivity index is 2.18. The lowest BCUT2D eigenvalue weighted by Crippen LogP contribution is -2.39. The van der Waals surface area contributed by atoms with Crippen molar-refractivity contribution >= 4 is 11.6 Å². The first kappa shape index (κ1) is 9.30. The van der Waals surface area contributed by atoms with Crippen molar-refractivity contribution in [3.05, 3.63) is 0 Å². The highest BCUT2D eigenvalue weighted by atomic mass is 35.5. The van der Waals surface area contributed by atoms with Crippen molar-refractivity contribution in [3.63, 3.8) is 0 Å². The Morgan fingerprint density at radius 2 is 2.27 bits per heavy atom. The van der Waals surface area contributed by atoms with Gasteiger partial charge in [-0.25, -0.2) is 0 Å². The number of alkyl halides is 1. The van der Waals surface area contributed by atoms with Gasteiger partial charge in [-0.1, -0.05) is 0 Å². The number of hydrogen-bond donors (Lipinski definition) is 1. The van der Waals surface area contributed by atoms with Crippen molar-refractivity contribution in [2.45, 2.75) is 31.9 Å². The van der Waals surface area contributed by atoms with Crippen molar-refractivity contribution in [3.8, 4) is 0 Å². The number of aliphatic hydroxyl groups excluding tert-OH is 1. The topological polar surface area (TPSA) is 23.5 Å². The second kappa shape index (κ2) is 4.96. The summed E-state index contributed by atoms with van der Waals surface area (Å²) in [6.07, 6.45) is 4.10. The highest BCUT2D eigenvalue weighted by molar-refractivity contribution is 6.17. The molecule has 2 nitrogen and oxygen atoms in total. The summed E-state index contributed by atoms with van der Waals surface area (Å²) in [5.41, 5.74) is 0. The molecule has 0 spiro atoms. The largest absolute Gasteiger partial charge is 0.378 e. The fourth-order valence-electron chi connectivity index (χ4n) is 1.50. The minimum atomic E-state index is -0.202. The molecule has 1 fully saturated rings. The smallest absolute Gasteiger partial charge is 0.107 e. The predicted molar refractivity (Wildman–Crippen MR) is 46.8 cm³/mol. The standard InChI is InChI=1S/C8H16ClNO/c9-5-3-7-10-6-2-1-4-8(10)11/h8,11H,1-7H2/t8-/m1/s1. The molecule has 3 heteroatoms. The molecule has 0 aliphatic carbocycles. The van der Waals surface area contributed by atoms with E-state index in [2.05, 4.69) is 4.90 Å². The number of nitrogens with zero attached hydrogens (tertiary/aromatic N) is 1. The number of rotatable bonds is 3. The van der Waals surface area contributed by atoms with E-state index in [1.807, 2.05) is 0 Å². The van der Waals surface area contributed by atoms with Gasteiger partial charge >= 0.3 is 0 Å². The van der Waals surface area contributed by atoms with Crippen LogP contribution < -0.4 is 0 Å². The maximum atomic E-state index is 9.48. The molecular formula is C8H16ClNO. The molecule has 1 saturated heterocycles. The molecule has 1 rings (SSSR count). The zero-order chi connectivity index (χ0) is 8.10. The summed E-state index contributed by atoms with van der Waals surface area (Å²) >= 11 is 5.56. The second-order valence-electron chi connectivity index (χ2n) is 3.05. The zero-order valence-electron chi connectivity index (χ0n) is 6.80. The molecule has 1 atom stereocenters. The van der Waals surface area contributed by atoms with Crippen molar-refractivity contribution in [2.24, 2.45) is 0 Å². The average molecular weight is 178 g/mol. The van der Waals surface area contributed by atoms with Crippen molar-refractivity contribution in [1.82, 2.24) is 4.90 Å². The fraction of sp³-hybridized carbons (Fsp3) is 1.00. The van der Waals surface area contributed by atoms with E-state index in [4.69, 9.17) is 11.6 Å². The van der Waals surface area contributed by atoms with E-state index in [-0.39, 0.29) is 6.23 Å². The molecule has 0 aromatic carbocycles. The summed E-state index contributed by atoms with van der Waals surface area (Å²) in [5.74, 6) is 0.698. The number of hydrogen-bond acceptors (Lipinski definition) is 2. The summed E-state index contributed by atoms with van der Waals surface area (Å²) in [5, 5.41) is 9.48. The van der Waals surface area contributed by atoms with Gasteiger partial charge in [-0.05, 0) is 25.7 Å². The van der Waals surface area contributed by atoms with Crippen LogP contribution in [0.5, 0.6) is 0 Å². The summed E-state index contributed by atoms with van der Waals surface area (Å²) in [7, 11) is 0. The summed E-state index contributed by atoms with van der Waals surface area (Å²) in [4.78, 5) is 2.12. The van der Waals surface area contributed by atoms with Crippen LogP contribution in [0, 0.1) is 0 Å². The lowest BCUT2D eigenvalue weighted by molar-refractivity contribution is -0.0231. The average Bonchev–Trinajstić information content (AvgIpc) is 2.03. The van der Waals surface area contributed by atoms with Crippen LogP contribution in [0.4, 0.5) is 0 Å². The monoisotopic (exact) mass is 177 g/mol. The minimum absolute atomic E-state index is 0.202. The van der Waals surface area contributed by atoms with Gasteiger partial charge in [0, 0.05) is 19.0 Å². The van der Waals surface area contributed by atoms with E-state index in [0.717, 1.165) is 25.9 Å². The molecule has 0 amide bonds. The van der Waals surface area contributed by atoms with E-state index in [0.29, 0.717) is 5.88 Å². The molecule has 0 aromatic heterocycles. The molecule has 11 heavy (non-hydrogen) atoms. The van der Waals surface area contributed by atoms with Gasteiger partial charge in [0.1, 0.15) is 6.23 Å². The number of aliphatic hydroxyl groups is 1. The Morgan fingerprint density at radius 1 is 1.45 bits per heavy atom. The maximum absolute atomic E-state index is 9.48. The van der Waals surface area contributed by atoms with Gasteiger partial charge in [0.15, 0.2) is 0 Å². The molecule has 0 aromatic rings. The third-order valence-electron chi connectivity index (χ3n) is 2.16. The highest BCUT2D eigenvalue weighted by Gasteiger charge is 2.18. The van der Waals surface area contributed by atoms with Crippen LogP contribution in [-0.4, -0.2) is 35.2 Å². The Hall–Kier alpha value is 0.210. The minimum Gasteiger partial charge on any atom is -0.378 e. The predicted octanol–water partition coefficient (Wildman–Crippen LogP) is 1.42. The number of piperidine rings is 1. The second-order valence-corrected chi connectivity index (χ2v) is 3.43. The van der Waals surface area contributed by atoms with E-state index in [1.54, 1.807) is 0 Å². The van der Waals surface area contributed by atoms with Crippen molar-refractivity contribution in [1.29, 1.82) is 0 Å². The molecule has 1 aliphatic heterocycles. The van der Waals surface area contributed by atoms with Crippen molar-refractivity contribution in [2.75, 3.05) is 19.0 Å². The molecule has 66 valence electrons. The molecular weight excluding hydrogens is 162 g/mol. The van der Waals surface area contributed by atoms with Gasteiger partial charge in [-0.15, -0.1) is 11.6 Å². The molecule has 0 radical (unpaired) electrons. The Kier molecular flexibility index (Phi) is 4.20. The first-order chi connectivity index (χ1) is 5.34. The lowest BCUT2D eigenvalue weighted by atomic mass is 10.1. The maximum Gasteiger partial charge on any atom is 0.107 e. The SMILES string of the molecule is O[C@@H]1CCCCN1CCCCl. The van der Waals surface area contributed by atoms with Gasteiger partial charge in [-0.3, -0.25) is 4.90 Å². The van der Waals surface area contributed by atoms with Crippen LogP contribution in [0.25, 0.3) is 0 Å². The van der Waals surface area contributed by atoms with Crippen LogP contribution >= 0.6 is 11.6 Å². The zero-order valence-corrected chi connectivity index (χ0v) is 7.56. The van der Waals surface area contributed by atoms with Crippen molar-refractivity contribution < 1.29 is 5.11 Å². The van der Waals surface area contributed by atoms with Crippen LogP contribution in [0.1, 0.15) is 25.7 Å². The third-order valence-corrected chi connectivity index (χ3v) is 2.43. The van der Waals surface area contributed by atoms with Crippen LogP contribution in [-0.2, 0) is 0 Å². The Labute approximate surface area is 73.1 Å². The third kappa shape index (κ3) is 2.97. The van der Waals surface area contributed by atoms with Gasteiger partial charge in [0.2, 0.25) is 0 Å². The lowest BCUT2D eigenvalue weighted by Gasteiger charge is -2.31. The molecule has 0 bridgehead atoms. The molecule has 0 unspecified atom stereocenters. The molecule has 0 saturated carbocycles. The summed E-state index contributed by atoms with van der Waals surface area (Å²) in [6, 6.07) is 0. The fourth-order valence-corrected chi connectivity index (χ4v) is 1.62. The van der Waals surface area contributed by atoms with Gasteiger partial charge in [-0.2, -0.15) is 0 Å². The summed E-state index contributed by atoms with van der Waals surface area (Å²) < 4.78 is 0. The molecule has 1 aliphatic rings. The Morgan fingerprint density at radius 3 is 2.91 bits per heavy atom. The molecule has 1 N–H and O–H groups in total. The summed E-state index contributed by atoms with van der Waals surface area (Å²) in [6.45, 7) is 1.99. The number of halogens is 1. The number of likely N-dealkylation sites (tertiary alicyclic amines) is 1. The first-order valence-corrected chi connectivity index (χ1v) is 4.86. The normalized spacial score (nSPS) is 27.3. The highest BCUT2D eigenvalue weighted by Crippen LogP contribution is 2.14. The van der Waals surface area contributed by atoms with E-state index >= 15 is 0 Å². The van der Waals surface area contributed by atoms with E-state index in [9.17, 15) is 5.11 Å².